The monoisotopic (exact) mass is 380 g/mol. The van der Waals surface area contributed by atoms with Crippen LogP contribution >= 0.6 is 0 Å². The number of rotatable bonds is 6. The van der Waals surface area contributed by atoms with Gasteiger partial charge in [0, 0.05) is 18.0 Å². The van der Waals surface area contributed by atoms with Gasteiger partial charge in [-0.2, -0.15) is 0 Å². The minimum absolute atomic E-state index is 0.0922. The van der Waals surface area contributed by atoms with E-state index in [4.69, 9.17) is 9.47 Å². The predicted octanol–water partition coefficient (Wildman–Crippen LogP) is 3.74. The van der Waals surface area contributed by atoms with Crippen LogP contribution in [0.3, 0.4) is 0 Å². The van der Waals surface area contributed by atoms with Gasteiger partial charge in [-0.15, -0.1) is 0 Å². The molecule has 1 atom stereocenters. The molecule has 0 radical (unpaired) electrons. The van der Waals surface area contributed by atoms with E-state index in [1.54, 1.807) is 6.92 Å². The van der Waals surface area contributed by atoms with Crippen LogP contribution in [0.25, 0.3) is 0 Å². The molecule has 3 rings (SSSR count). The second kappa shape index (κ2) is 9.13. The minimum atomic E-state index is -0.450. The van der Waals surface area contributed by atoms with Gasteiger partial charge in [0.05, 0.1) is 19.4 Å². The SMILES string of the molecule is Cc1cc(F)c(CCC2=CNC(CCC3COC(C)OC3)N(C)C2)c(F)c1. The Morgan fingerprint density at radius 2 is 1.78 bits per heavy atom. The number of nitrogens with zero attached hydrogens (tertiary/aromatic N) is 1. The summed E-state index contributed by atoms with van der Waals surface area (Å²) in [5, 5.41) is 3.44. The molecule has 2 aliphatic heterocycles. The molecule has 1 unspecified atom stereocenters. The van der Waals surface area contributed by atoms with E-state index in [0.717, 1.165) is 38.2 Å². The Balaban J connectivity index is 1.47. The summed E-state index contributed by atoms with van der Waals surface area (Å²) in [6.45, 7) is 5.94. The first-order valence-corrected chi connectivity index (χ1v) is 9.74. The van der Waals surface area contributed by atoms with Crippen molar-refractivity contribution in [2.45, 2.75) is 52.0 Å². The van der Waals surface area contributed by atoms with Crippen LogP contribution in [0.2, 0.25) is 0 Å². The van der Waals surface area contributed by atoms with Crippen LogP contribution in [0.15, 0.2) is 23.9 Å². The van der Waals surface area contributed by atoms with E-state index in [1.165, 1.54) is 12.1 Å². The van der Waals surface area contributed by atoms with Gasteiger partial charge in [-0.25, -0.2) is 8.78 Å². The topological polar surface area (TPSA) is 33.7 Å². The van der Waals surface area contributed by atoms with Gasteiger partial charge in [-0.3, -0.25) is 4.90 Å². The number of aryl methyl sites for hydroxylation is 1. The zero-order valence-corrected chi connectivity index (χ0v) is 16.4. The second-order valence-electron chi connectivity index (χ2n) is 7.78. The number of likely N-dealkylation sites (N-methyl/N-ethyl adjacent to an activating group) is 1. The van der Waals surface area contributed by atoms with Gasteiger partial charge in [-0.1, -0.05) is 0 Å². The van der Waals surface area contributed by atoms with Gasteiger partial charge in [0.2, 0.25) is 0 Å². The van der Waals surface area contributed by atoms with Crippen LogP contribution in [0.1, 0.15) is 37.3 Å². The number of hydrogen-bond donors (Lipinski definition) is 1. The fourth-order valence-corrected chi connectivity index (χ4v) is 3.73. The second-order valence-corrected chi connectivity index (χ2v) is 7.78. The minimum Gasteiger partial charge on any atom is -0.376 e. The molecule has 0 aromatic heterocycles. The molecular formula is C21H30F2N2O2. The molecule has 6 heteroatoms. The zero-order chi connectivity index (χ0) is 19.4. The lowest BCUT2D eigenvalue weighted by molar-refractivity contribution is -0.191. The maximum Gasteiger partial charge on any atom is 0.154 e. The maximum atomic E-state index is 14.0. The predicted molar refractivity (Wildman–Crippen MR) is 101 cm³/mol. The molecule has 1 aromatic rings. The van der Waals surface area contributed by atoms with E-state index in [-0.39, 0.29) is 18.0 Å². The summed E-state index contributed by atoms with van der Waals surface area (Å²) in [6, 6.07) is 2.79. The van der Waals surface area contributed by atoms with Crippen molar-refractivity contribution in [1.82, 2.24) is 10.2 Å². The Morgan fingerprint density at radius 1 is 1.11 bits per heavy atom. The van der Waals surface area contributed by atoms with Crippen molar-refractivity contribution in [3.8, 4) is 0 Å². The lowest BCUT2D eigenvalue weighted by atomic mass is 9.99. The van der Waals surface area contributed by atoms with Crippen molar-refractivity contribution < 1.29 is 18.3 Å². The Kier molecular flexibility index (Phi) is 6.84. The first kappa shape index (κ1) is 20.2. The third kappa shape index (κ3) is 5.50. The highest BCUT2D eigenvalue weighted by atomic mass is 19.1. The lowest BCUT2D eigenvalue weighted by Gasteiger charge is -2.35. The largest absolute Gasteiger partial charge is 0.376 e. The molecule has 0 saturated carbocycles. The van der Waals surface area contributed by atoms with E-state index < -0.39 is 11.6 Å². The van der Waals surface area contributed by atoms with Crippen LogP contribution < -0.4 is 5.32 Å². The summed E-state index contributed by atoms with van der Waals surface area (Å²) < 4.78 is 39.1. The van der Waals surface area contributed by atoms with Gasteiger partial charge in [0.1, 0.15) is 11.6 Å². The molecule has 4 nitrogen and oxygen atoms in total. The van der Waals surface area contributed by atoms with Gasteiger partial charge >= 0.3 is 0 Å². The summed E-state index contributed by atoms with van der Waals surface area (Å²) in [5.41, 5.74) is 1.95. The molecular weight excluding hydrogens is 350 g/mol. The molecule has 0 aliphatic carbocycles. The average molecular weight is 380 g/mol. The maximum absolute atomic E-state index is 14.0. The van der Waals surface area contributed by atoms with Crippen molar-refractivity contribution in [3.63, 3.8) is 0 Å². The summed E-state index contributed by atoms with van der Waals surface area (Å²) in [4.78, 5) is 2.25. The highest BCUT2D eigenvalue weighted by Gasteiger charge is 2.24. The number of ether oxygens (including phenoxy) is 2. The third-order valence-electron chi connectivity index (χ3n) is 5.43. The van der Waals surface area contributed by atoms with Crippen molar-refractivity contribution in [1.29, 1.82) is 0 Å². The smallest absolute Gasteiger partial charge is 0.154 e. The Labute approximate surface area is 160 Å². The highest BCUT2D eigenvalue weighted by molar-refractivity contribution is 5.26. The molecule has 2 heterocycles. The fraction of sp³-hybridized carbons (Fsp3) is 0.619. The number of benzene rings is 1. The molecule has 1 saturated heterocycles. The van der Waals surface area contributed by atoms with Crippen LogP contribution in [-0.4, -0.2) is 44.2 Å². The Bertz CT molecular complexity index is 649. The molecule has 27 heavy (non-hydrogen) atoms. The third-order valence-corrected chi connectivity index (χ3v) is 5.43. The Hall–Kier alpha value is -1.50. The molecule has 0 spiro atoms. The Morgan fingerprint density at radius 3 is 2.41 bits per heavy atom. The van der Waals surface area contributed by atoms with Crippen molar-refractivity contribution in [3.05, 3.63) is 46.7 Å². The number of nitrogens with one attached hydrogen (secondary N) is 1. The highest BCUT2D eigenvalue weighted by Crippen LogP contribution is 2.22. The molecule has 1 fully saturated rings. The summed E-state index contributed by atoms with van der Waals surface area (Å²) >= 11 is 0. The standard InChI is InChI=1S/C21H30F2N2O2/c1-14-8-19(22)18(20(23)9-14)6-4-16-10-24-21(25(3)11-16)7-5-17-12-26-15(2)27-13-17/h8-10,15,17,21,24H,4-7,11-13H2,1-3H3. The van der Waals surface area contributed by atoms with Gasteiger partial charge in [-0.05, 0) is 76.0 Å². The van der Waals surface area contributed by atoms with Gasteiger partial charge in [0.25, 0.3) is 0 Å². The van der Waals surface area contributed by atoms with E-state index in [9.17, 15) is 8.78 Å². The summed E-state index contributed by atoms with van der Waals surface area (Å²) in [7, 11) is 2.08. The van der Waals surface area contributed by atoms with E-state index in [2.05, 4.69) is 17.3 Å². The van der Waals surface area contributed by atoms with Gasteiger partial charge in [0.15, 0.2) is 6.29 Å². The van der Waals surface area contributed by atoms with E-state index in [1.807, 2.05) is 13.1 Å². The van der Waals surface area contributed by atoms with Crippen LogP contribution in [0.4, 0.5) is 8.78 Å². The summed E-state index contributed by atoms with van der Waals surface area (Å²) in [5.74, 6) is -0.460. The van der Waals surface area contributed by atoms with Crippen molar-refractivity contribution in [2.24, 2.45) is 5.92 Å². The number of hydrogen-bond acceptors (Lipinski definition) is 4. The number of halogens is 2. The molecule has 0 amide bonds. The molecule has 1 aromatic carbocycles. The quantitative estimate of drug-likeness (QED) is 0.815. The van der Waals surface area contributed by atoms with Crippen LogP contribution in [-0.2, 0) is 15.9 Å². The molecule has 0 bridgehead atoms. The first-order valence-electron chi connectivity index (χ1n) is 9.74. The summed E-state index contributed by atoms with van der Waals surface area (Å²) in [6.07, 6.45) is 5.25. The molecule has 150 valence electrons. The zero-order valence-electron chi connectivity index (χ0n) is 16.4. The normalized spacial score (nSPS) is 26.6. The van der Waals surface area contributed by atoms with Crippen molar-refractivity contribution in [2.75, 3.05) is 26.8 Å². The van der Waals surface area contributed by atoms with Gasteiger partial charge < -0.3 is 14.8 Å². The molecule has 2 aliphatic rings. The van der Waals surface area contributed by atoms with E-state index in [0.29, 0.717) is 24.3 Å². The van der Waals surface area contributed by atoms with Crippen LogP contribution in [0, 0.1) is 24.5 Å². The van der Waals surface area contributed by atoms with E-state index >= 15 is 0 Å². The first-order chi connectivity index (χ1) is 12.9. The van der Waals surface area contributed by atoms with Crippen LogP contribution in [0.5, 0.6) is 0 Å². The average Bonchev–Trinajstić information content (AvgIpc) is 2.61. The lowest BCUT2D eigenvalue weighted by Crippen LogP contribution is -2.46. The molecule has 1 N–H and O–H groups in total. The van der Waals surface area contributed by atoms with Crippen molar-refractivity contribution >= 4 is 0 Å². The fourth-order valence-electron chi connectivity index (χ4n) is 3.73.